The van der Waals surface area contributed by atoms with Gasteiger partial charge in [-0.25, -0.2) is 0 Å². The van der Waals surface area contributed by atoms with Gasteiger partial charge in [0.15, 0.2) is 0 Å². The molecule has 0 aromatic heterocycles. The number of alkyl halides is 3. The summed E-state index contributed by atoms with van der Waals surface area (Å²) in [5, 5.41) is 0.889. The minimum absolute atomic E-state index is 0.199. The molecule has 3 aromatic carbocycles. The molecule has 3 rings (SSSR count). The van der Waals surface area contributed by atoms with Gasteiger partial charge in [-0.1, -0.05) is 0 Å². The summed E-state index contributed by atoms with van der Waals surface area (Å²) in [6.45, 7) is 5.95. The summed E-state index contributed by atoms with van der Waals surface area (Å²) < 4.78 is 50.4. The molecule has 34 heavy (non-hydrogen) atoms. The summed E-state index contributed by atoms with van der Waals surface area (Å²) in [5.74, 6) is 0.331. The van der Waals surface area contributed by atoms with Gasteiger partial charge >= 0.3 is 205 Å². The van der Waals surface area contributed by atoms with Gasteiger partial charge in [-0.05, 0) is 0 Å². The summed E-state index contributed by atoms with van der Waals surface area (Å²) in [4.78, 5) is 12.0. The van der Waals surface area contributed by atoms with E-state index in [1.54, 1.807) is 6.92 Å². The van der Waals surface area contributed by atoms with Crippen LogP contribution in [0.25, 0.3) is 11.1 Å². The van der Waals surface area contributed by atoms with Crippen LogP contribution in [0, 0.1) is 6.92 Å². The number of halogens is 3. The van der Waals surface area contributed by atoms with Crippen LogP contribution in [0.1, 0.15) is 37.0 Å². The number of hydrogen-bond donors (Lipinski definition) is 0. The molecular weight excluding hydrogens is 508 g/mol. The first-order valence-corrected chi connectivity index (χ1v) is 13.1. The molecule has 7 heteroatoms. The van der Waals surface area contributed by atoms with Crippen LogP contribution >= 0.6 is 0 Å². The second kappa shape index (κ2) is 11.6. The zero-order chi connectivity index (χ0) is 24.7. The van der Waals surface area contributed by atoms with Crippen molar-refractivity contribution in [3.63, 3.8) is 0 Å². The van der Waals surface area contributed by atoms with Gasteiger partial charge < -0.3 is 0 Å². The third-order valence-electron chi connectivity index (χ3n) is 5.24. The third kappa shape index (κ3) is 6.87. The number of benzene rings is 3. The number of carbonyl (C=O) groups is 1. The van der Waals surface area contributed by atoms with E-state index in [4.69, 9.17) is 9.47 Å². The van der Waals surface area contributed by atoms with E-state index in [0.29, 0.717) is 18.8 Å². The van der Waals surface area contributed by atoms with Crippen LogP contribution < -0.4 is 9.20 Å². The topological polar surface area (TPSA) is 35.5 Å². The number of rotatable bonds is 9. The molecule has 1 atom stereocenters. The molecule has 0 N–H and O–H groups in total. The first kappa shape index (κ1) is 25.9. The molecule has 1 unspecified atom stereocenters. The van der Waals surface area contributed by atoms with Crippen LogP contribution in [0.3, 0.4) is 0 Å². The van der Waals surface area contributed by atoms with E-state index in [9.17, 15) is 18.0 Å². The van der Waals surface area contributed by atoms with E-state index in [0.717, 1.165) is 34.1 Å². The van der Waals surface area contributed by atoms with Crippen LogP contribution in [0.2, 0.25) is 0 Å². The molecule has 3 aromatic rings. The zero-order valence-electron chi connectivity index (χ0n) is 19.3. The van der Waals surface area contributed by atoms with Gasteiger partial charge in [0.2, 0.25) is 0 Å². The number of ether oxygens (including phenoxy) is 2. The normalized spacial score (nSPS) is 12.3. The van der Waals surface area contributed by atoms with Crippen molar-refractivity contribution < 1.29 is 27.4 Å². The van der Waals surface area contributed by atoms with Crippen LogP contribution in [0.4, 0.5) is 13.2 Å². The molecule has 0 radical (unpaired) electrons. The molecule has 0 spiro atoms. The maximum absolute atomic E-state index is 12.8. The zero-order valence-corrected chi connectivity index (χ0v) is 21.0. The monoisotopic (exact) mass is 536 g/mol. The SMILES string of the molecule is CCOC(=O)C(CC)Oc1ccc([Se]Cc2ccc(-c3ccc(C(F)(F)F)cc3)cc2)cc1C. The van der Waals surface area contributed by atoms with E-state index in [1.165, 1.54) is 22.2 Å². The molecule has 0 bridgehead atoms. The molecule has 0 heterocycles. The molecule has 0 saturated carbocycles. The van der Waals surface area contributed by atoms with Crippen LogP contribution in [0.5, 0.6) is 5.75 Å². The van der Waals surface area contributed by atoms with Crippen molar-refractivity contribution in [1.29, 1.82) is 0 Å². The van der Waals surface area contributed by atoms with E-state index in [-0.39, 0.29) is 20.9 Å². The quantitative estimate of drug-likeness (QED) is 0.252. The van der Waals surface area contributed by atoms with Gasteiger partial charge in [-0.3, -0.25) is 0 Å². The molecular formula is C27H27F3O3Se. The Hall–Kier alpha value is -2.76. The predicted octanol–water partition coefficient (Wildman–Crippen LogP) is 5.93. The Labute approximate surface area is 204 Å². The summed E-state index contributed by atoms with van der Waals surface area (Å²) in [5.41, 5.74) is 3.13. The fourth-order valence-electron chi connectivity index (χ4n) is 3.34. The van der Waals surface area contributed by atoms with Crippen molar-refractivity contribution in [1.82, 2.24) is 0 Å². The number of esters is 1. The van der Waals surface area contributed by atoms with Crippen molar-refractivity contribution >= 4 is 25.4 Å². The van der Waals surface area contributed by atoms with Gasteiger partial charge in [0, 0.05) is 0 Å². The minimum atomic E-state index is -4.33. The van der Waals surface area contributed by atoms with Crippen LogP contribution in [0.15, 0.2) is 66.7 Å². The van der Waals surface area contributed by atoms with E-state index >= 15 is 0 Å². The summed E-state index contributed by atoms with van der Waals surface area (Å²) in [6, 6.07) is 19.2. The van der Waals surface area contributed by atoms with Gasteiger partial charge in [-0.15, -0.1) is 0 Å². The second-order valence-electron chi connectivity index (χ2n) is 7.75. The van der Waals surface area contributed by atoms with Crippen molar-refractivity contribution in [2.24, 2.45) is 0 Å². The number of carbonyl (C=O) groups excluding carboxylic acids is 1. The van der Waals surface area contributed by atoms with Gasteiger partial charge in [0.25, 0.3) is 0 Å². The molecule has 0 aliphatic rings. The first-order valence-electron chi connectivity index (χ1n) is 11.0. The summed E-state index contributed by atoms with van der Waals surface area (Å²) in [7, 11) is 0. The van der Waals surface area contributed by atoms with Crippen molar-refractivity contribution in [2.75, 3.05) is 6.61 Å². The fourth-order valence-corrected chi connectivity index (χ4v) is 5.34. The number of aryl methyl sites for hydroxylation is 1. The molecule has 0 amide bonds. The predicted molar refractivity (Wildman–Crippen MR) is 128 cm³/mol. The van der Waals surface area contributed by atoms with Gasteiger partial charge in [0.1, 0.15) is 0 Å². The fraction of sp³-hybridized carbons (Fsp3) is 0.296. The Kier molecular flexibility index (Phi) is 8.81. The maximum atomic E-state index is 12.8. The Bertz CT molecular complexity index is 1090. The molecule has 3 nitrogen and oxygen atoms in total. The molecule has 0 saturated heterocycles. The Balaban J connectivity index is 1.60. The third-order valence-corrected chi connectivity index (χ3v) is 7.48. The average molecular weight is 535 g/mol. The summed E-state index contributed by atoms with van der Waals surface area (Å²) in [6.07, 6.45) is -4.41. The van der Waals surface area contributed by atoms with E-state index in [1.807, 2.05) is 50.2 Å². The second-order valence-corrected chi connectivity index (χ2v) is 9.96. The molecule has 0 aliphatic carbocycles. The Morgan fingerprint density at radius 2 is 1.56 bits per heavy atom. The first-order chi connectivity index (χ1) is 16.2. The van der Waals surface area contributed by atoms with Crippen molar-refractivity contribution in [2.45, 2.75) is 44.8 Å². The molecule has 0 aliphatic heterocycles. The van der Waals surface area contributed by atoms with Crippen LogP contribution in [-0.4, -0.2) is 33.6 Å². The standard InChI is InChI=1S/C27H27F3O3Se/c1-4-24(26(31)32-5-2)33-25-15-14-23(16-18(25)3)34-17-19-6-8-20(9-7-19)21-10-12-22(13-11-21)27(28,29)30/h6-16,24H,4-5,17H2,1-3H3. The van der Waals surface area contributed by atoms with Crippen LogP contribution in [-0.2, 0) is 21.0 Å². The van der Waals surface area contributed by atoms with E-state index < -0.39 is 17.8 Å². The average Bonchev–Trinajstić information content (AvgIpc) is 2.82. The summed E-state index contributed by atoms with van der Waals surface area (Å²) >= 11 is 0.199. The molecule has 0 fully saturated rings. The molecule has 180 valence electrons. The number of hydrogen-bond acceptors (Lipinski definition) is 3. The van der Waals surface area contributed by atoms with E-state index in [2.05, 4.69) is 6.07 Å². The van der Waals surface area contributed by atoms with Crippen molar-refractivity contribution in [3.05, 3.63) is 83.4 Å². The Morgan fingerprint density at radius 1 is 0.941 bits per heavy atom. The Morgan fingerprint density at radius 3 is 2.09 bits per heavy atom. The van der Waals surface area contributed by atoms with Crippen molar-refractivity contribution in [3.8, 4) is 16.9 Å². The van der Waals surface area contributed by atoms with Gasteiger partial charge in [0.05, 0.1) is 0 Å². The van der Waals surface area contributed by atoms with Gasteiger partial charge in [-0.2, -0.15) is 0 Å².